The van der Waals surface area contributed by atoms with Crippen LogP contribution in [0.4, 0.5) is 0 Å². The van der Waals surface area contributed by atoms with Gasteiger partial charge in [0, 0.05) is 12.6 Å². The van der Waals surface area contributed by atoms with Crippen LogP contribution in [-0.4, -0.2) is 49.7 Å². The first-order chi connectivity index (χ1) is 8.38. The zero-order valence-electron chi connectivity index (χ0n) is 11.1. The van der Waals surface area contributed by atoms with Gasteiger partial charge in [0.2, 0.25) is 10.0 Å². The first kappa shape index (κ1) is 15.8. The van der Waals surface area contributed by atoms with Crippen molar-refractivity contribution in [2.24, 2.45) is 5.73 Å². The van der Waals surface area contributed by atoms with E-state index in [1.807, 2.05) is 7.05 Å². The summed E-state index contributed by atoms with van der Waals surface area (Å²) >= 11 is 4.81. The summed E-state index contributed by atoms with van der Waals surface area (Å²) < 4.78 is 26.8. The van der Waals surface area contributed by atoms with Gasteiger partial charge in [0.05, 0.1) is 4.99 Å². The largest absolute Gasteiger partial charge is 0.392 e. The Bertz CT molecular complexity index is 384. The van der Waals surface area contributed by atoms with Gasteiger partial charge in [-0.3, -0.25) is 0 Å². The van der Waals surface area contributed by atoms with E-state index in [1.54, 1.807) is 6.92 Å². The second-order valence-electron chi connectivity index (χ2n) is 4.82. The molecule has 0 aliphatic carbocycles. The molecular weight excluding hydrogens is 270 g/mol. The van der Waals surface area contributed by atoms with Gasteiger partial charge in [-0.2, -0.15) is 0 Å². The zero-order valence-corrected chi connectivity index (χ0v) is 12.7. The SMILES string of the molecule is CCC(C(N)=S)S(=O)(=O)NCC1CCCCN1C. The van der Waals surface area contributed by atoms with Crippen molar-refractivity contribution in [2.45, 2.75) is 43.9 Å². The average molecular weight is 293 g/mol. The quantitative estimate of drug-likeness (QED) is 0.696. The van der Waals surface area contributed by atoms with Gasteiger partial charge in [-0.25, -0.2) is 13.1 Å². The maximum absolute atomic E-state index is 12.1. The van der Waals surface area contributed by atoms with Crippen molar-refractivity contribution in [2.75, 3.05) is 20.1 Å². The maximum Gasteiger partial charge on any atom is 0.221 e. The number of rotatable bonds is 6. The number of nitrogens with two attached hydrogens (primary N) is 1. The molecule has 1 fully saturated rings. The molecule has 18 heavy (non-hydrogen) atoms. The van der Waals surface area contributed by atoms with Gasteiger partial charge in [0.25, 0.3) is 0 Å². The van der Waals surface area contributed by atoms with Crippen molar-refractivity contribution in [3.05, 3.63) is 0 Å². The number of nitrogens with one attached hydrogen (secondary N) is 1. The number of piperidine rings is 1. The van der Waals surface area contributed by atoms with Crippen molar-refractivity contribution in [3.63, 3.8) is 0 Å². The van der Waals surface area contributed by atoms with Gasteiger partial charge in [0.15, 0.2) is 0 Å². The molecule has 0 bridgehead atoms. The van der Waals surface area contributed by atoms with Crippen LogP contribution in [0, 0.1) is 0 Å². The molecule has 0 saturated carbocycles. The van der Waals surface area contributed by atoms with Crippen LogP contribution >= 0.6 is 12.2 Å². The van der Waals surface area contributed by atoms with Gasteiger partial charge in [-0.1, -0.05) is 25.6 Å². The molecule has 0 radical (unpaired) electrons. The number of sulfonamides is 1. The third-order valence-electron chi connectivity index (χ3n) is 3.50. The number of likely N-dealkylation sites (N-methyl/N-ethyl adjacent to an activating group) is 1. The molecule has 0 spiro atoms. The van der Waals surface area contributed by atoms with E-state index in [4.69, 9.17) is 18.0 Å². The Morgan fingerprint density at radius 3 is 2.72 bits per heavy atom. The Labute approximate surface area is 115 Å². The summed E-state index contributed by atoms with van der Waals surface area (Å²) in [5, 5.41) is -0.763. The first-order valence-corrected chi connectivity index (χ1v) is 8.32. The molecule has 3 N–H and O–H groups in total. The third-order valence-corrected chi connectivity index (χ3v) is 5.84. The van der Waals surface area contributed by atoms with Gasteiger partial charge >= 0.3 is 0 Å². The van der Waals surface area contributed by atoms with Gasteiger partial charge in [-0.15, -0.1) is 0 Å². The van der Waals surface area contributed by atoms with Crippen molar-refractivity contribution in [1.29, 1.82) is 0 Å². The lowest BCUT2D eigenvalue weighted by molar-refractivity contribution is 0.187. The molecule has 1 rings (SSSR count). The number of likely N-dealkylation sites (tertiary alicyclic amines) is 1. The molecule has 1 aliphatic heterocycles. The van der Waals surface area contributed by atoms with Crippen LogP contribution in [0.15, 0.2) is 0 Å². The molecule has 1 saturated heterocycles. The van der Waals surface area contributed by atoms with E-state index in [2.05, 4.69) is 9.62 Å². The van der Waals surface area contributed by atoms with E-state index in [-0.39, 0.29) is 11.0 Å². The molecule has 1 heterocycles. The lowest BCUT2D eigenvalue weighted by Gasteiger charge is -2.32. The van der Waals surface area contributed by atoms with Crippen molar-refractivity contribution in [3.8, 4) is 0 Å². The normalized spacial score (nSPS) is 23.8. The van der Waals surface area contributed by atoms with E-state index in [9.17, 15) is 8.42 Å². The Balaban J connectivity index is 2.58. The zero-order chi connectivity index (χ0) is 13.8. The summed E-state index contributed by atoms with van der Waals surface area (Å²) in [6.07, 6.45) is 3.78. The molecule has 1 aliphatic rings. The molecule has 5 nitrogen and oxygen atoms in total. The molecule has 0 aromatic heterocycles. The minimum atomic E-state index is -3.44. The van der Waals surface area contributed by atoms with Crippen LogP contribution in [0.5, 0.6) is 0 Å². The van der Waals surface area contributed by atoms with E-state index in [1.165, 1.54) is 6.42 Å². The number of nitrogens with zero attached hydrogens (tertiary/aromatic N) is 1. The first-order valence-electron chi connectivity index (χ1n) is 6.36. The summed E-state index contributed by atoms with van der Waals surface area (Å²) in [6, 6.07) is 0.275. The molecule has 106 valence electrons. The van der Waals surface area contributed by atoms with Crippen LogP contribution in [0.2, 0.25) is 0 Å². The van der Waals surface area contributed by atoms with Crippen LogP contribution in [0.3, 0.4) is 0 Å². The fourth-order valence-corrected chi connectivity index (χ4v) is 4.21. The van der Waals surface area contributed by atoms with E-state index < -0.39 is 15.3 Å². The van der Waals surface area contributed by atoms with Crippen molar-refractivity contribution in [1.82, 2.24) is 9.62 Å². The molecule has 7 heteroatoms. The molecular formula is C11H23N3O2S2. The highest BCUT2D eigenvalue weighted by Crippen LogP contribution is 2.15. The highest BCUT2D eigenvalue weighted by molar-refractivity contribution is 7.93. The smallest absolute Gasteiger partial charge is 0.221 e. The van der Waals surface area contributed by atoms with Gasteiger partial charge < -0.3 is 10.6 Å². The summed E-state index contributed by atoms with van der Waals surface area (Å²) in [4.78, 5) is 2.25. The minimum absolute atomic E-state index is 0.0435. The highest BCUT2D eigenvalue weighted by Gasteiger charge is 2.28. The van der Waals surface area contributed by atoms with Crippen LogP contribution in [-0.2, 0) is 10.0 Å². The maximum atomic E-state index is 12.1. The summed E-state index contributed by atoms with van der Waals surface area (Å²) in [7, 11) is -1.41. The number of thiocarbonyl (C=S) groups is 1. The van der Waals surface area contributed by atoms with Crippen molar-refractivity contribution >= 4 is 27.2 Å². The predicted molar refractivity (Wildman–Crippen MR) is 78.1 cm³/mol. The van der Waals surface area contributed by atoms with Crippen molar-refractivity contribution < 1.29 is 8.42 Å². The Kier molecular flexibility index (Phi) is 5.97. The average Bonchev–Trinajstić information content (AvgIpc) is 2.28. The molecule has 0 amide bonds. The molecule has 2 unspecified atom stereocenters. The minimum Gasteiger partial charge on any atom is -0.392 e. The third kappa shape index (κ3) is 4.15. The number of hydrogen-bond donors (Lipinski definition) is 2. The molecule has 0 aromatic carbocycles. The summed E-state index contributed by atoms with van der Waals surface area (Å²) in [6.45, 7) is 3.24. The summed E-state index contributed by atoms with van der Waals surface area (Å²) in [5.74, 6) is 0. The molecule has 0 aromatic rings. The standard InChI is InChI=1S/C11H23N3O2S2/c1-3-10(11(12)17)18(15,16)13-8-9-6-4-5-7-14(9)2/h9-10,13H,3-8H2,1-2H3,(H2,12,17). The lowest BCUT2D eigenvalue weighted by Crippen LogP contribution is -2.48. The fraction of sp³-hybridized carbons (Fsp3) is 0.909. The Morgan fingerprint density at radius 2 is 2.22 bits per heavy atom. The predicted octanol–water partition coefficient (Wildman–Crippen LogP) is 0.455. The Hall–Kier alpha value is -0.240. The monoisotopic (exact) mass is 293 g/mol. The van der Waals surface area contributed by atoms with Gasteiger partial charge in [0.1, 0.15) is 5.25 Å². The van der Waals surface area contributed by atoms with Crippen LogP contribution in [0.25, 0.3) is 0 Å². The second-order valence-corrected chi connectivity index (χ2v) is 7.24. The number of hydrogen-bond acceptors (Lipinski definition) is 4. The van der Waals surface area contributed by atoms with E-state index in [0.29, 0.717) is 13.0 Å². The van der Waals surface area contributed by atoms with Gasteiger partial charge in [-0.05, 0) is 32.9 Å². The van der Waals surface area contributed by atoms with E-state index >= 15 is 0 Å². The fourth-order valence-electron chi connectivity index (χ4n) is 2.29. The van der Waals surface area contributed by atoms with Crippen LogP contribution in [0.1, 0.15) is 32.6 Å². The van der Waals surface area contributed by atoms with E-state index in [0.717, 1.165) is 19.4 Å². The Morgan fingerprint density at radius 1 is 1.56 bits per heavy atom. The second kappa shape index (κ2) is 6.79. The summed E-state index contributed by atoms with van der Waals surface area (Å²) in [5.41, 5.74) is 5.47. The van der Waals surface area contributed by atoms with Crippen LogP contribution < -0.4 is 10.5 Å². The topological polar surface area (TPSA) is 75.4 Å². The molecule has 2 atom stereocenters. The highest BCUT2D eigenvalue weighted by atomic mass is 32.2. The lowest BCUT2D eigenvalue weighted by atomic mass is 10.0.